The molecule has 0 aliphatic heterocycles. The summed E-state index contributed by atoms with van der Waals surface area (Å²) in [6.07, 6.45) is -6.65. The van der Waals surface area contributed by atoms with E-state index in [2.05, 4.69) is 5.32 Å². The molecule has 8 heteroatoms. The molecule has 24 heavy (non-hydrogen) atoms. The summed E-state index contributed by atoms with van der Waals surface area (Å²) >= 11 is 0. The minimum atomic E-state index is -4.36. The molecule has 0 fully saturated rings. The van der Waals surface area contributed by atoms with Crippen molar-refractivity contribution in [2.24, 2.45) is 0 Å². The number of benzene rings is 1. The number of alkyl halides is 3. The summed E-state index contributed by atoms with van der Waals surface area (Å²) < 4.78 is 37.1. The van der Waals surface area contributed by atoms with Crippen LogP contribution in [0.25, 0.3) is 0 Å². The molecule has 1 aromatic carbocycles. The first kappa shape index (κ1) is 20.4. The number of hydrogen-bond acceptors (Lipinski definition) is 4. The van der Waals surface area contributed by atoms with Crippen molar-refractivity contribution in [2.45, 2.75) is 32.5 Å². The number of aryl methyl sites for hydroxylation is 1. The molecule has 0 aliphatic carbocycles. The second-order valence-electron chi connectivity index (χ2n) is 5.73. The second kappa shape index (κ2) is 9.00. The van der Waals surface area contributed by atoms with Crippen molar-refractivity contribution in [1.82, 2.24) is 4.90 Å². The zero-order chi connectivity index (χ0) is 18.3. The first-order chi connectivity index (χ1) is 11.1. The van der Waals surface area contributed by atoms with E-state index in [9.17, 15) is 23.1 Å². The van der Waals surface area contributed by atoms with Crippen molar-refractivity contribution in [3.8, 4) is 0 Å². The van der Waals surface area contributed by atoms with E-state index in [0.717, 1.165) is 11.1 Å². The van der Waals surface area contributed by atoms with Gasteiger partial charge in [0.05, 0.1) is 25.7 Å². The van der Waals surface area contributed by atoms with Crippen molar-refractivity contribution < 1.29 is 28.2 Å². The van der Waals surface area contributed by atoms with Crippen LogP contribution in [-0.4, -0.2) is 59.5 Å². The fourth-order valence-electron chi connectivity index (χ4n) is 2.15. The first-order valence-corrected chi connectivity index (χ1v) is 7.56. The lowest BCUT2D eigenvalue weighted by atomic mass is 10.1. The average Bonchev–Trinajstić information content (AvgIpc) is 2.48. The van der Waals surface area contributed by atoms with Gasteiger partial charge in [0, 0.05) is 18.8 Å². The van der Waals surface area contributed by atoms with E-state index in [-0.39, 0.29) is 13.1 Å². The molecule has 1 amide bonds. The number of carbonyl (C=O) groups excluding carboxylic acids is 1. The van der Waals surface area contributed by atoms with Crippen LogP contribution in [0.5, 0.6) is 0 Å². The Morgan fingerprint density at radius 1 is 1.33 bits per heavy atom. The summed E-state index contributed by atoms with van der Waals surface area (Å²) in [5, 5.41) is 20.9. The van der Waals surface area contributed by atoms with Crippen LogP contribution in [0.1, 0.15) is 17.5 Å². The number of nitrogens with zero attached hydrogens (tertiary/aromatic N) is 1. The molecule has 0 saturated carbocycles. The molecule has 0 unspecified atom stereocenters. The number of rotatable bonds is 8. The number of anilines is 1. The Kier molecular flexibility index (Phi) is 7.65. The van der Waals surface area contributed by atoms with Crippen molar-refractivity contribution in [3.63, 3.8) is 0 Å². The molecule has 1 rings (SSSR count). The lowest BCUT2D eigenvalue weighted by Gasteiger charge is -2.24. The van der Waals surface area contributed by atoms with E-state index in [1.54, 1.807) is 12.1 Å². The van der Waals surface area contributed by atoms with Gasteiger partial charge in [-0.2, -0.15) is 13.2 Å². The van der Waals surface area contributed by atoms with Crippen LogP contribution >= 0.6 is 0 Å². The zero-order valence-electron chi connectivity index (χ0n) is 13.7. The van der Waals surface area contributed by atoms with Crippen LogP contribution in [0.3, 0.4) is 0 Å². The Labute approximate surface area is 139 Å². The lowest BCUT2D eigenvalue weighted by molar-refractivity contribution is -0.140. The first-order valence-electron chi connectivity index (χ1n) is 7.56. The molecule has 0 aromatic heterocycles. The molecule has 0 aliphatic rings. The minimum Gasteiger partial charge on any atom is -0.394 e. The number of aliphatic hydroxyl groups excluding tert-OH is 2. The lowest BCUT2D eigenvalue weighted by Crippen LogP contribution is -2.41. The Bertz CT molecular complexity index is 550. The largest absolute Gasteiger partial charge is 0.394 e. The van der Waals surface area contributed by atoms with E-state index in [0.29, 0.717) is 5.69 Å². The standard InChI is InChI=1S/C16H23F3N2O3/c1-11-4-3-5-14(12(11)2)20-15(24)9-21(8-13(23)10-22)7-6-16(17,18)19/h3-5,13,22-23H,6-10H2,1-2H3,(H,20,24)/t13-/m0/s1. The van der Waals surface area contributed by atoms with Gasteiger partial charge in [0.1, 0.15) is 0 Å². The van der Waals surface area contributed by atoms with Gasteiger partial charge in [0.2, 0.25) is 5.91 Å². The Hall–Kier alpha value is -1.64. The van der Waals surface area contributed by atoms with Crippen molar-refractivity contribution in [1.29, 1.82) is 0 Å². The minimum absolute atomic E-state index is 0.215. The Morgan fingerprint density at radius 3 is 2.58 bits per heavy atom. The summed E-state index contributed by atoms with van der Waals surface area (Å²) in [5.41, 5.74) is 2.46. The van der Waals surface area contributed by atoms with Gasteiger partial charge in [0.15, 0.2) is 0 Å². The quantitative estimate of drug-likeness (QED) is 0.670. The van der Waals surface area contributed by atoms with Gasteiger partial charge in [-0.15, -0.1) is 0 Å². The highest BCUT2D eigenvalue weighted by Gasteiger charge is 2.28. The summed E-state index contributed by atoms with van der Waals surface area (Å²) in [6.45, 7) is 2.19. The molecule has 0 bridgehead atoms. The highest BCUT2D eigenvalue weighted by atomic mass is 19.4. The van der Waals surface area contributed by atoms with Gasteiger partial charge in [-0.3, -0.25) is 9.69 Å². The van der Waals surface area contributed by atoms with Crippen molar-refractivity contribution in [3.05, 3.63) is 29.3 Å². The van der Waals surface area contributed by atoms with E-state index >= 15 is 0 Å². The van der Waals surface area contributed by atoms with Crippen LogP contribution in [0, 0.1) is 13.8 Å². The highest BCUT2D eigenvalue weighted by molar-refractivity contribution is 5.93. The molecule has 1 atom stereocenters. The second-order valence-corrected chi connectivity index (χ2v) is 5.73. The van der Waals surface area contributed by atoms with Crippen LogP contribution in [-0.2, 0) is 4.79 Å². The third-order valence-electron chi connectivity index (χ3n) is 3.64. The third-order valence-corrected chi connectivity index (χ3v) is 3.64. The molecule has 0 radical (unpaired) electrons. The molecule has 0 heterocycles. The van der Waals surface area contributed by atoms with Crippen molar-refractivity contribution in [2.75, 3.05) is 31.6 Å². The van der Waals surface area contributed by atoms with Gasteiger partial charge in [-0.25, -0.2) is 0 Å². The Morgan fingerprint density at radius 2 is 2.00 bits per heavy atom. The molecular formula is C16H23F3N2O3. The smallest absolute Gasteiger partial charge is 0.390 e. The predicted molar refractivity (Wildman–Crippen MR) is 84.8 cm³/mol. The normalized spacial score (nSPS) is 13.2. The maximum Gasteiger partial charge on any atom is 0.390 e. The number of carbonyl (C=O) groups is 1. The van der Waals surface area contributed by atoms with Gasteiger partial charge in [0.25, 0.3) is 0 Å². The van der Waals surface area contributed by atoms with Crippen molar-refractivity contribution >= 4 is 11.6 Å². The number of halogens is 3. The van der Waals surface area contributed by atoms with E-state index < -0.39 is 37.8 Å². The molecule has 1 aromatic rings. The van der Waals surface area contributed by atoms with E-state index in [1.165, 1.54) is 4.90 Å². The highest BCUT2D eigenvalue weighted by Crippen LogP contribution is 2.20. The maximum atomic E-state index is 12.4. The number of hydrogen-bond donors (Lipinski definition) is 3. The predicted octanol–water partition coefficient (Wildman–Crippen LogP) is 1.85. The number of amides is 1. The van der Waals surface area contributed by atoms with Crippen LogP contribution in [0.15, 0.2) is 18.2 Å². The van der Waals surface area contributed by atoms with E-state index in [4.69, 9.17) is 5.11 Å². The van der Waals surface area contributed by atoms with Gasteiger partial charge >= 0.3 is 6.18 Å². The monoisotopic (exact) mass is 348 g/mol. The van der Waals surface area contributed by atoms with Crippen LogP contribution < -0.4 is 5.32 Å². The fourth-order valence-corrected chi connectivity index (χ4v) is 2.15. The third kappa shape index (κ3) is 7.29. The topological polar surface area (TPSA) is 72.8 Å². The molecule has 0 spiro atoms. The number of nitrogens with one attached hydrogen (secondary N) is 1. The van der Waals surface area contributed by atoms with Crippen LogP contribution in [0.4, 0.5) is 18.9 Å². The van der Waals surface area contributed by atoms with Gasteiger partial charge in [-0.05, 0) is 31.0 Å². The maximum absolute atomic E-state index is 12.4. The molecule has 5 nitrogen and oxygen atoms in total. The van der Waals surface area contributed by atoms with Gasteiger partial charge in [-0.1, -0.05) is 12.1 Å². The zero-order valence-corrected chi connectivity index (χ0v) is 13.7. The summed E-state index contributed by atoms with van der Waals surface area (Å²) in [7, 11) is 0. The van der Waals surface area contributed by atoms with Crippen LogP contribution in [0.2, 0.25) is 0 Å². The SMILES string of the molecule is Cc1cccc(NC(=O)CN(CCC(F)(F)F)C[C@H](O)CO)c1C. The molecular weight excluding hydrogens is 325 g/mol. The molecule has 0 saturated heterocycles. The molecule has 3 N–H and O–H groups in total. The summed E-state index contributed by atoms with van der Waals surface area (Å²) in [6, 6.07) is 5.37. The fraction of sp³-hybridized carbons (Fsp3) is 0.562. The average molecular weight is 348 g/mol. The van der Waals surface area contributed by atoms with Gasteiger partial charge < -0.3 is 15.5 Å². The Balaban J connectivity index is 2.69. The number of aliphatic hydroxyl groups is 2. The molecule has 136 valence electrons. The summed E-state index contributed by atoms with van der Waals surface area (Å²) in [5.74, 6) is -0.476. The summed E-state index contributed by atoms with van der Waals surface area (Å²) in [4.78, 5) is 13.3. The van der Waals surface area contributed by atoms with E-state index in [1.807, 2.05) is 19.9 Å².